The lowest BCUT2D eigenvalue weighted by atomic mass is 9.96. The monoisotopic (exact) mass is 419 g/mol. The summed E-state index contributed by atoms with van der Waals surface area (Å²) >= 11 is 0. The molecule has 2 aliphatic heterocycles. The van der Waals surface area contributed by atoms with E-state index >= 15 is 0 Å². The van der Waals surface area contributed by atoms with Gasteiger partial charge in [0.1, 0.15) is 11.3 Å². The summed E-state index contributed by atoms with van der Waals surface area (Å²) in [6.07, 6.45) is 3.99. The average Bonchev–Trinajstić information content (AvgIpc) is 3.41. The van der Waals surface area contributed by atoms with Crippen LogP contribution in [0.15, 0.2) is 34.7 Å². The molecular formula is C22H30ClN3O3. The first-order chi connectivity index (χ1) is 13.6. The Morgan fingerprint density at radius 2 is 2.10 bits per heavy atom. The predicted octanol–water partition coefficient (Wildman–Crippen LogP) is 3.06. The highest BCUT2D eigenvalue weighted by Crippen LogP contribution is 2.28. The largest absolute Gasteiger partial charge is 0.460 e. The molecule has 3 unspecified atom stereocenters. The van der Waals surface area contributed by atoms with Gasteiger partial charge in [0.2, 0.25) is 11.8 Å². The van der Waals surface area contributed by atoms with Gasteiger partial charge in [-0.1, -0.05) is 18.2 Å². The van der Waals surface area contributed by atoms with Crippen molar-refractivity contribution in [2.75, 3.05) is 26.2 Å². The van der Waals surface area contributed by atoms with Crippen LogP contribution in [0, 0.1) is 5.92 Å². The first kappa shape index (κ1) is 21.7. The zero-order valence-electron chi connectivity index (χ0n) is 16.9. The topological polar surface area (TPSA) is 74.6 Å². The standard InChI is InChI=1S/C22H29N3O3.ClH/c1-15(20-12-17-7-2-3-9-19(17)28-20)22(27)25-11-5-6-16(14-25)13-24-21(26)18-8-4-10-23-18;/h2-3,7,9,12,15-16,18,23H,4-6,8,10-11,13-14H2,1H3,(H,24,26);1H. The lowest BCUT2D eigenvalue weighted by molar-refractivity contribution is -0.134. The number of amides is 2. The number of nitrogens with one attached hydrogen (secondary N) is 2. The van der Waals surface area contributed by atoms with Gasteiger partial charge < -0.3 is 20.0 Å². The number of carbonyl (C=O) groups is 2. The number of likely N-dealkylation sites (tertiary alicyclic amines) is 1. The molecule has 0 radical (unpaired) electrons. The first-order valence-corrected chi connectivity index (χ1v) is 10.4. The van der Waals surface area contributed by atoms with Gasteiger partial charge in [-0.15, -0.1) is 12.4 Å². The molecule has 29 heavy (non-hydrogen) atoms. The molecule has 2 saturated heterocycles. The van der Waals surface area contributed by atoms with Gasteiger partial charge in [0.05, 0.1) is 12.0 Å². The zero-order chi connectivity index (χ0) is 19.5. The first-order valence-electron chi connectivity index (χ1n) is 10.4. The number of hydrogen-bond acceptors (Lipinski definition) is 4. The number of fused-ring (bicyclic) bond motifs is 1. The van der Waals surface area contributed by atoms with Gasteiger partial charge in [-0.05, 0) is 57.2 Å². The van der Waals surface area contributed by atoms with E-state index in [0.717, 1.165) is 49.7 Å². The van der Waals surface area contributed by atoms with Gasteiger partial charge in [-0.25, -0.2) is 0 Å². The van der Waals surface area contributed by atoms with Crippen molar-refractivity contribution in [2.45, 2.75) is 44.6 Å². The summed E-state index contributed by atoms with van der Waals surface area (Å²) in [7, 11) is 0. The summed E-state index contributed by atoms with van der Waals surface area (Å²) in [5, 5.41) is 7.33. The van der Waals surface area contributed by atoms with Crippen molar-refractivity contribution in [1.29, 1.82) is 0 Å². The number of para-hydroxylation sites is 1. The van der Waals surface area contributed by atoms with Gasteiger partial charge >= 0.3 is 0 Å². The quantitative estimate of drug-likeness (QED) is 0.781. The van der Waals surface area contributed by atoms with Gasteiger partial charge in [0.15, 0.2) is 0 Å². The van der Waals surface area contributed by atoms with Crippen LogP contribution in [0.3, 0.4) is 0 Å². The molecule has 0 aliphatic carbocycles. The molecule has 7 heteroatoms. The smallest absolute Gasteiger partial charge is 0.237 e. The highest BCUT2D eigenvalue weighted by molar-refractivity contribution is 5.86. The van der Waals surface area contributed by atoms with E-state index in [1.54, 1.807) is 0 Å². The van der Waals surface area contributed by atoms with Crippen LogP contribution in [-0.4, -0.2) is 48.9 Å². The maximum absolute atomic E-state index is 13.0. The van der Waals surface area contributed by atoms with Crippen molar-refractivity contribution < 1.29 is 14.0 Å². The fraction of sp³-hybridized carbons (Fsp3) is 0.545. The molecular weight excluding hydrogens is 390 g/mol. The Hall–Kier alpha value is -2.05. The third-order valence-electron chi connectivity index (χ3n) is 6.01. The summed E-state index contributed by atoms with van der Waals surface area (Å²) in [6, 6.07) is 9.75. The molecule has 2 N–H and O–H groups in total. The fourth-order valence-electron chi connectivity index (χ4n) is 4.32. The van der Waals surface area contributed by atoms with E-state index in [1.165, 1.54) is 0 Å². The molecule has 0 bridgehead atoms. The maximum atomic E-state index is 13.0. The second-order valence-corrected chi connectivity index (χ2v) is 8.09. The van der Waals surface area contributed by atoms with Crippen molar-refractivity contribution >= 4 is 35.2 Å². The molecule has 3 heterocycles. The molecule has 4 rings (SSSR count). The molecule has 0 spiro atoms. The Kier molecular flexibility index (Phi) is 7.19. The molecule has 158 valence electrons. The Morgan fingerprint density at radius 3 is 2.86 bits per heavy atom. The molecule has 3 atom stereocenters. The third-order valence-corrected chi connectivity index (χ3v) is 6.01. The summed E-state index contributed by atoms with van der Waals surface area (Å²) < 4.78 is 5.89. The van der Waals surface area contributed by atoms with Crippen LogP contribution >= 0.6 is 12.4 Å². The van der Waals surface area contributed by atoms with Crippen LogP contribution in [0.2, 0.25) is 0 Å². The summed E-state index contributed by atoms with van der Waals surface area (Å²) in [4.78, 5) is 27.2. The number of rotatable bonds is 5. The van der Waals surface area contributed by atoms with Crippen LogP contribution in [0.4, 0.5) is 0 Å². The molecule has 1 aromatic carbocycles. The number of furan rings is 1. The number of halogens is 1. The fourth-order valence-corrected chi connectivity index (χ4v) is 4.32. The van der Waals surface area contributed by atoms with E-state index in [9.17, 15) is 9.59 Å². The van der Waals surface area contributed by atoms with Crippen LogP contribution in [-0.2, 0) is 9.59 Å². The van der Waals surface area contributed by atoms with Crippen molar-refractivity contribution in [2.24, 2.45) is 5.92 Å². The van der Waals surface area contributed by atoms with Crippen molar-refractivity contribution in [3.05, 3.63) is 36.1 Å². The van der Waals surface area contributed by atoms with Gasteiger partial charge in [0, 0.05) is 25.0 Å². The number of hydrogen-bond donors (Lipinski definition) is 2. The minimum atomic E-state index is -0.302. The van der Waals surface area contributed by atoms with E-state index in [2.05, 4.69) is 10.6 Å². The normalized spacial score (nSPS) is 22.9. The van der Waals surface area contributed by atoms with Gasteiger partial charge in [-0.3, -0.25) is 9.59 Å². The van der Waals surface area contributed by atoms with Crippen molar-refractivity contribution in [1.82, 2.24) is 15.5 Å². The summed E-state index contributed by atoms with van der Waals surface area (Å²) in [5.41, 5.74) is 0.817. The maximum Gasteiger partial charge on any atom is 0.237 e. The zero-order valence-corrected chi connectivity index (χ0v) is 17.7. The van der Waals surface area contributed by atoms with E-state index < -0.39 is 0 Å². The van der Waals surface area contributed by atoms with Crippen LogP contribution in [0.5, 0.6) is 0 Å². The minimum absolute atomic E-state index is 0. The average molecular weight is 420 g/mol. The number of benzene rings is 1. The van der Waals surface area contributed by atoms with Crippen molar-refractivity contribution in [3.63, 3.8) is 0 Å². The molecule has 2 aromatic rings. The molecule has 2 fully saturated rings. The van der Waals surface area contributed by atoms with Gasteiger partial charge in [-0.2, -0.15) is 0 Å². The Morgan fingerprint density at radius 1 is 1.28 bits per heavy atom. The second kappa shape index (κ2) is 9.63. The molecule has 2 aliphatic rings. The highest BCUT2D eigenvalue weighted by atomic mass is 35.5. The Balaban J connectivity index is 0.00000240. The number of carbonyl (C=O) groups excluding carboxylic acids is 2. The number of nitrogens with zero attached hydrogens (tertiary/aromatic N) is 1. The molecule has 0 saturated carbocycles. The lowest BCUT2D eigenvalue weighted by Gasteiger charge is -2.34. The van der Waals surface area contributed by atoms with E-state index in [0.29, 0.717) is 24.8 Å². The number of piperidine rings is 1. The van der Waals surface area contributed by atoms with Crippen LogP contribution in [0.1, 0.15) is 44.3 Å². The highest BCUT2D eigenvalue weighted by Gasteiger charge is 2.30. The van der Waals surface area contributed by atoms with Crippen LogP contribution < -0.4 is 10.6 Å². The minimum Gasteiger partial charge on any atom is -0.460 e. The van der Waals surface area contributed by atoms with E-state index in [-0.39, 0.29) is 36.2 Å². The molecule has 6 nitrogen and oxygen atoms in total. The summed E-state index contributed by atoms with van der Waals surface area (Å²) in [5.74, 6) is 0.924. The summed E-state index contributed by atoms with van der Waals surface area (Å²) in [6.45, 7) is 4.94. The van der Waals surface area contributed by atoms with E-state index in [4.69, 9.17) is 4.42 Å². The van der Waals surface area contributed by atoms with Crippen LogP contribution in [0.25, 0.3) is 11.0 Å². The Labute approximate surface area is 177 Å². The Bertz CT molecular complexity index is 814. The van der Waals surface area contributed by atoms with Gasteiger partial charge in [0.25, 0.3) is 0 Å². The lowest BCUT2D eigenvalue weighted by Crippen LogP contribution is -2.47. The molecule has 1 aromatic heterocycles. The van der Waals surface area contributed by atoms with E-state index in [1.807, 2.05) is 42.2 Å². The predicted molar refractivity (Wildman–Crippen MR) is 115 cm³/mol. The second-order valence-electron chi connectivity index (χ2n) is 8.09. The van der Waals surface area contributed by atoms with Crippen molar-refractivity contribution in [3.8, 4) is 0 Å². The third kappa shape index (κ3) is 4.93. The SMILES string of the molecule is CC(C(=O)N1CCCC(CNC(=O)C2CCCN2)C1)c1cc2ccccc2o1.Cl. The molecule has 2 amide bonds.